The Hall–Kier alpha value is -3.06. The molecule has 0 spiro atoms. The van der Waals surface area contributed by atoms with Crippen molar-refractivity contribution in [2.45, 2.75) is 58.5 Å². The molecule has 31 heavy (non-hydrogen) atoms. The number of hydrogen-bond donors (Lipinski definition) is 2. The molecule has 0 aliphatic carbocycles. The number of carbonyl (C=O) groups is 2. The highest BCUT2D eigenvalue weighted by Crippen LogP contribution is 2.24. The van der Waals surface area contributed by atoms with Crippen molar-refractivity contribution in [3.05, 3.63) is 65.7 Å². The Kier molecular flexibility index (Phi) is 8.88. The molecule has 7 nitrogen and oxygen atoms in total. The number of alkyl carbamates (subject to hydrolysis) is 1. The van der Waals surface area contributed by atoms with Gasteiger partial charge < -0.3 is 24.6 Å². The van der Waals surface area contributed by atoms with Gasteiger partial charge in [0.05, 0.1) is 25.2 Å². The molecule has 0 aliphatic heterocycles. The summed E-state index contributed by atoms with van der Waals surface area (Å²) in [6.07, 6.45) is -2.15. The summed E-state index contributed by atoms with van der Waals surface area (Å²) >= 11 is 0. The van der Waals surface area contributed by atoms with E-state index in [1.807, 2.05) is 30.3 Å². The van der Waals surface area contributed by atoms with Crippen LogP contribution in [0.2, 0.25) is 0 Å². The fourth-order valence-corrected chi connectivity index (χ4v) is 2.86. The van der Waals surface area contributed by atoms with E-state index in [1.54, 1.807) is 52.0 Å². The fourth-order valence-electron chi connectivity index (χ4n) is 2.86. The summed E-state index contributed by atoms with van der Waals surface area (Å²) in [5, 5.41) is 13.3. The summed E-state index contributed by atoms with van der Waals surface area (Å²) in [5.74, 6) is 0.0947. The normalized spacial score (nSPS) is 13.1. The molecule has 0 fully saturated rings. The third-order valence-electron chi connectivity index (χ3n) is 4.23. The third kappa shape index (κ3) is 8.68. The second-order valence-corrected chi connectivity index (χ2v) is 8.04. The smallest absolute Gasteiger partial charge is 0.408 e. The maximum absolute atomic E-state index is 12.3. The fraction of sp³-hybridized carbons (Fsp3) is 0.417. The Morgan fingerprint density at radius 3 is 2.26 bits per heavy atom. The minimum absolute atomic E-state index is 0.211. The van der Waals surface area contributed by atoms with Gasteiger partial charge in [-0.1, -0.05) is 42.5 Å². The van der Waals surface area contributed by atoms with Crippen molar-refractivity contribution >= 4 is 12.1 Å². The second-order valence-electron chi connectivity index (χ2n) is 8.04. The summed E-state index contributed by atoms with van der Waals surface area (Å²) < 4.78 is 16.0. The number of esters is 1. The van der Waals surface area contributed by atoms with E-state index < -0.39 is 29.8 Å². The van der Waals surface area contributed by atoms with Gasteiger partial charge in [0.25, 0.3) is 0 Å². The van der Waals surface area contributed by atoms with Crippen molar-refractivity contribution in [1.82, 2.24) is 5.32 Å². The molecule has 2 aromatic rings. The molecular weight excluding hydrogens is 398 g/mol. The van der Waals surface area contributed by atoms with E-state index in [4.69, 9.17) is 14.2 Å². The standard InChI is InChI=1S/C24H31NO6/c1-5-29-21(27)15-20(26)22(25-23(28)31-24(2,3)4)18-11-13-19(14-12-18)30-16-17-9-7-6-8-10-17/h6-14,20,22,26H,5,15-16H2,1-4H3,(H,25,28)/t20-,22-/m0/s1. The second kappa shape index (κ2) is 11.4. The third-order valence-corrected chi connectivity index (χ3v) is 4.23. The molecule has 2 rings (SSSR count). The Labute approximate surface area is 183 Å². The average molecular weight is 430 g/mol. The molecule has 0 aromatic heterocycles. The predicted octanol–water partition coefficient (Wildman–Crippen LogP) is 4.15. The van der Waals surface area contributed by atoms with Gasteiger partial charge in [-0.05, 0) is 51.0 Å². The van der Waals surface area contributed by atoms with Crippen LogP contribution in [0, 0.1) is 0 Å². The van der Waals surface area contributed by atoms with Crippen LogP contribution in [-0.4, -0.2) is 35.5 Å². The maximum Gasteiger partial charge on any atom is 0.408 e. The molecule has 0 bridgehead atoms. The Bertz CT molecular complexity index is 829. The monoisotopic (exact) mass is 429 g/mol. The van der Waals surface area contributed by atoms with E-state index >= 15 is 0 Å². The van der Waals surface area contributed by atoms with Gasteiger partial charge in [0.2, 0.25) is 0 Å². The van der Waals surface area contributed by atoms with Crippen LogP contribution in [0.3, 0.4) is 0 Å². The topological polar surface area (TPSA) is 94.1 Å². The molecular formula is C24H31NO6. The quantitative estimate of drug-likeness (QED) is 0.582. The lowest BCUT2D eigenvalue weighted by molar-refractivity contribution is -0.145. The molecule has 1 amide bonds. The zero-order chi connectivity index (χ0) is 22.9. The highest BCUT2D eigenvalue weighted by molar-refractivity contribution is 5.71. The van der Waals surface area contributed by atoms with Gasteiger partial charge in [-0.15, -0.1) is 0 Å². The minimum Gasteiger partial charge on any atom is -0.489 e. The summed E-state index contributed by atoms with van der Waals surface area (Å²) in [4.78, 5) is 24.1. The summed E-state index contributed by atoms with van der Waals surface area (Å²) in [6, 6.07) is 15.9. The van der Waals surface area contributed by atoms with Crippen molar-refractivity contribution in [1.29, 1.82) is 0 Å². The van der Waals surface area contributed by atoms with E-state index in [0.717, 1.165) is 5.56 Å². The first-order valence-electron chi connectivity index (χ1n) is 10.3. The van der Waals surface area contributed by atoms with Crippen molar-refractivity contribution in [3.63, 3.8) is 0 Å². The van der Waals surface area contributed by atoms with Crippen LogP contribution in [0.5, 0.6) is 5.75 Å². The molecule has 0 heterocycles. The Morgan fingerprint density at radius 1 is 1.03 bits per heavy atom. The van der Waals surface area contributed by atoms with Crippen LogP contribution < -0.4 is 10.1 Å². The van der Waals surface area contributed by atoms with Crippen LogP contribution in [-0.2, 0) is 20.9 Å². The molecule has 0 aliphatic rings. The van der Waals surface area contributed by atoms with E-state index in [0.29, 0.717) is 17.9 Å². The minimum atomic E-state index is -1.19. The van der Waals surface area contributed by atoms with Crippen molar-refractivity contribution in [2.75, 3.05) is 6.61 Å². The summed E-state index contributed by atoms with van der Waals surface area (Å²) in [5.41, 5.74) is 0.950. The van der Waals surface area contributed by atoms with Crippen LogP contribution in [0.4, 0.5) is 4.79 Å². The van der Waals surface area contributed by atoms with E-state index in [9.17, 15) is 14.7 Å². The number of rotatable bonds is 9. The number of amides is 1. The lowest BCUT2D eigenvalue weighted by Gasteiger charge is -2.27. The van der Waals surface area contributed by atoms with Crippen LogP contribution in [0.1, 0.15) is 51.3 Å². The zero-order valence-corrected chi connectivity index (χ0v) is 18.5. The van der Waals surface area contributed by atoms with Crippen LogP contribution in [0.25, 0.3) is 0 Å². The average Bonchev–Trinajstić information content (AvgIpc) is 2.70. The summed E-state index contributed by atoms with van der Waals surface area (Å²) in [6.45, 7) is 7.56. The van der Waals surface area contributed by atoms with E-state index in [1.165, 1.54) is 0 Å². The number of hydrogen-bond acceptors (Lipinski definition) is 6. The van der Waals surface area contributed by atoms with Gasteiger partial charge in [0, 0.05) is 0 Å². The summed E-state index contributed by atoms with van der Waals surface area (Å²) in [7, 11) is 0. The maximum atomic E-state index is 12.3. The van der Waals surface area contributed by atoms with Gasteiger partial charge in [-0.3, -0.25) is 4.79 Å². The van der Waals surface area contributed by atoms with Crippen molar-refractivity contribution in [2.24, 2.45) is 0 Å². The molecule has 0 saturated heterocycles. The molecule has 2 N–H and O–H groups in total. The highest BCUT2D eigenvalue weighted by Gasteiger charge is 2.28. The molecule has 0 unspecified atom stereocenters. The van der Waals surface area contributed by atoms with Crippen molar-refractivity contribution in [3.8, 4) is 5.75 Å². The SMILES string of the molecule is CCOC(=O)C[C@H](O)[C@@H](NC(=O)OC(C)(C)C)c1ccc(OCc2ccccc2)cc1. The first-order chi connectivity index (χ1) is 14.7. The number of benzene rings is 2. The van der Waals surface area contributed by atoms with Gasteiger partial charge >= 0.3 is 12.1 Å². The molecule has 168 valence electrons. The van der Waals surface area contributed by atoms with Crippen LogP contribution in [0.15, 0.2) is 54.6 Å². The first kappa shape index (κ1) is 24.2. The lowest BCUT2D eigenvalue weighted by Crippen LogP contribution is -2.40. The van der Waals surface area contributed by atoms with Crippen molar-refractivity contribution < 1.29 is 28.9 Å². The Balaban J connectivity index is 2.11. The molecule has 2 atom stereocenters. The number of aliphatic hydroxyl groups excluding tert-OH is 1. The Morgan fingerprint density at radius 2 is 1.68 bits per heavy atom. The van der Waals surface area contributed by atoms with Crippen LogP contribution >= 0.6 is 0 Å². The zero-order valence-electron chi connectivity index (χ0n) is 18.5. The van der Waals surface area contributed by atoms with Gasteiger partial charge in [0.1, 0.15) is 18.0 Å². The van der Waals surface area contributed by atoms with Gasteiger partial charge in [-0.25, -0.2) is 4.79 Å². The number of nitrogens with one attached hydrogen (secondary N) is 1. The largest absolute Gasteiger partial charge is 0.489 e. The van der Waals surface area contributed by atoms with Gasteiger partial charge in [0.15, 0.2) is 0 Å². The molecule has 7 heteroatoms. The molecule has 0 saturated carbocycles. The molecule has 0 radical (unpaired) electrons. The molecule has 2 aromatic carbocycles. The number of ether oxygens (including phenoxy) is 3. The first-order valence-corrected chi connectivity index (χ1v) is 10.3. The van der Waals surface area contributed by atoms with E-state index in [-0.39, 0.29) is 13.0 Å². The van der Waals surface area contributed by atoms with Gasteiger partial charge in [-0.2, -0.15) is 0 Å². The number of carbonyl (C=O) groups excluding carboxylic acids is 2. The highest BCUT2D eigenvalue weighted by atomic mass is 16.6. The predicted molar refractivity (Wildman–Crippen MR) is 117 cm³/mol. The number of aliphatic hydroxyl groups is 1. The lowest BCUT2D eigenvalue weighted by atomic mass is 9.99. The van der Waals surface area contributed by atoms with E-state index in [2.05, 4.69) is 5.32 Å².